The molecule has 1 fully saturated rings. The Bertz CT molecular complexity index is 808. The van der Waals surface area contributed by atoms with Gasteiger partial charge in [-0.05, 0) is 37.1 Å². The first kappa shape index (κ1) is 17.4. The Morgan fingerprint density at radius 3 is 2.48 bits per heavy atom. The predicted octanol–water partition coefficient (Wildman–Crippen LogP) is 3.68. The van der Waals surface area contributed by atoms with Gasteiger partial charge in [0.25, 0.3) is 0 Å². The number of carbonyl (C=O) groups is 2. The second-order valence-electron chi connectivity index (χ2n) is 6.27. The molecule has 0 heterocycles. The van der Waals surface area contributed by atoms with E-state index in [1.807, 2.05) is 31.2 Å². The minimum atomic E-state index is -0.542. The maximum absolute atomic E-state index is 13.1. The summed E-state index contributed by atoms with van der Waals surface area (Å²) in [4.78, 5) is 24.3. The Morgan fingerprint density at radius 2 is 1.80 bits per heavy atom. The molecule has 2 aromatic carbocycles. The Morgan fingerprint density at radius 1 is 1.12 bits per heavy atom. The van der Waals surface area contributed by atoms with Crippen LogP contribution in [0.2, 0.25) is 5.02 Å². The fourth-order valence-electron chi connectivity index (χ4n) is 2.61. The molecule has 2 unspecified atom stereocenters. The maximum atomic E-state index is 13.1. The van der Waals surface area contributed by atoms with E-state index in [2.05, 4.69) is 10.6 Å². The summed E-state index contributed by atoms with van der Waals surface area (Å²) in [6.07, 6.45) is 0.514. The Labute approximate surface area is 150 Å². The second kappa shape index (κ2) is 7.23. The molecule has 2 amide bonds. The normalized spacial score (nSPS) is 18.5. The number of hydrogen-bond donors (Lipinski definition) is 2. The summed E-state index contributed by atoms with van der Waals surface area (Å²) in [7, 11) is 0. The summed E-state index contributed by atoms with van der Waals surface area (Å²) in [5, 5.41) is 5.47. The van der Waals surface area contributed by atoms with Crippen LogP contribution >= 0.6 is 11.6 Å². The molecule has 1 aliphatic rings. The molecule has 1 aliphatic carbocycles. The van der Waals surface area contributed by atoms with Gasteiger partial charge < -0.3 is 10.6 Å². The van der Waals surface area contributed by atoms with E-state index in [0.717, 1.165) is 11.1 Å². The summed E-state index contributed by atoms with van der Waals surface area (Å²) in [6, 6.07) is 11.9. The van der Waals surface area contributed by atoms with E-state index in [1.165, 1.54) is 18.2 Å². The van der Waals surface area contributed by atoms with Crippen molar-refractivity contribution in [3.8, 4) is 0 Å². The molecule has 1 saturated carbocycles. The lowest BCUT2D eigenvalue weighted by molar-refractivity contribution is -0.125. The first-order valence-corrected chi connectivity index (χ1v) is 8.41. The number of nitrogens with one attached hydrogen (secondary N) is 2. The standard InChI is InChI=1S/C19H18ClFN2O2/c1-11-2-4-12(5-3-11)10-22-18(24)14-9-15(14)19(25)23-13-6-7-17(21)16(20)8-13/h2-8,14-15H,9-10H2,1H3,(H,22,24)(H,23,25). The van der Waals surface area contributed by atoms with Crippen LogP contribution in [0, 0.1) is 24.6 Å². The van der Waals surface area contributed by atoms with Crippen LogP contribution in [0.25, 0.3) is 0 Å². The number of amides is 2. The smallest absolute Gasteiger partial charge is 0.228 e. The fourth-order valence-corrected chi connectivity index (χ4v) is 2.79. The van der Waals surface area contributed by atoms with E-state index in [-0.39, 0.29) is 28.7 Å². The molecule has 0 spiro atoms. The molecule has 2 N–H and O–H groups in total. The molecule has 2 aromatic rings. The lowest BCUT2D eigenvalue weighted by Gasteiger charge is -2.07. The van der Waals surface area contributed by atoms with Crippen molar-refractivity contribution in [2.45, 2.75) is 19.9 Å². The molecule has 4 nitrogen and oxygen atoms in total. The Balaban J connectivity index is 1.49. The molecule has 6 heteroatoms. The highest BCUT2D eigenvalue weighted by Gasteiger charge is 2.47. The molecule has 0 saturated heterocycles. The number of aryl methyl sites for hydroxylation is 1. The molecule has 0 bridgehead atoms. The third kappa shape index (κ3) is 4.37. The van der Waals surface area contributed by atoms with E-state index in [1.54, 1.807) is 0 Å². The highest BCUT2D eigenvalue weighted by Crippen LogP contribution is 2.39. The van der Waals surface area contributed by atoms with Gasteiger partial charge in [0, 0.05) is 12.2 Å². The number of anilines is 1. The summed E-state index contributed by atoms with van der Waals surface area (Å²) in [5.74, 6) is -1.60. The molecule has 25 heavy (non-hydrogen) atoms. The average molecular weight is 361 g/mol. The number of carbonyl (C=O) groups excluding carboxylic acids is 2. The van der Waals surface area contributed by atoms with E-state index in [0.29, 0.717) is 18.7 Å². The molecular weight excluding hydrogens is 343 g/mol. The van der Waals surface area contributed by atoms with Gasteiger partial charge in [-0.15, -0.1) is 0 Å². The van der Waals surface area contributed by atoms with Crippen molar-refractivity contribution in [1.82, 2.24) is 5.32 Å². The van der Waals surface area contributed by atoms with Crippen LogP contribution in [0.1, 0.15) is 17.5 Å². The zero-order valence-corrected chi connectivity index (χ0v) is 14.4. The highest BCUT2D eigenvalue weighted by molar-refractivity contribution is 6.31. The quantitative estimate of drug-likeness (QED) is 0.854. The van der Waals surface area contributed by atoms with Gasteiger partial charge in [0.1, 0.15) is 5.82 Å². The molecule has 0 aromatic heterocycles. The van der Waals surface area contributed by atoms with Gasteiger partial charge in [-0.3, -0.25) is 9.59 Å². The maximum Gasteiger partial charge on any atom is 0.228 e. The van der Waals surface area contributed by atoms with Crippen molar-refractivity contribution in [3.05, 3.63) is 64.4 Å². The van der Waals surface area contributed by atoms with Gasteiger partial charge in [-0.1, -0.05) is 41.4 Å². The van der Waals surface area contributed by atoms with Crippen molar-refractivity contribution in [3.63, 3.8) is 0 Å². The molecule has 3 rings (SSSR count). The van der Waals surface area contributed by atoms with Gasteiger partial charge >= 0.3 is 0 Å². The van der Waals surface area contributed by atoms with Gasteiger partial charge in [0.2, 0.25) is 11.8 Å². The third-order valence-corrected chi connectivity index (χ3v) is 4.53. The second-order valence-corrected chi connectivity index (χ2v) is 6.68. The summed E-state index contributed by atoms with van der Waals surface area (Å²) in [6.45, 7) is 2.45. The minimum absolute atomic E-state index is 0.0546. The Hall–Kier alpha value is -2.40. The van der Waals surface area contributed by atoms with E-state index < -0.39 is 5.82 Å². The summed E-state index contributed by atoms with van der Waals surface area (Å²) >= 11 is 5.69. The van der Waals surface area contributed by atoms with Crippen molar-refractivity contribution >= 4 is 29.1 Å². The van der Waals surface area contributed by atoms with Crippen LogP contribution in [-0.2, 0) is 16.1 Å². The highest BCUT2D eigenvalue weighted by atomic mass is 35.5. The lowest BCUT2D eigenvalue weighted by atomic mass is 10.1. The third-order valence-electron chi connectivity index (χ3n) is 4.24. The molecule has 0 radical (unpaired) electrons. The van der Waals surface area contributed by atoms with Gasteiger partial charge in [-0.25, -0.2) is 4.39 Å². The van der Waals surface area contributed by atoms with Crippen molar-refractivity contribution < 1.29 is 14.0 Å². The number of rotatable bonds is 5. The van der Waals surface area contributed by atoms with Crippen LogP contribution < -0.4 is 10.6 Å². The fraction of sp³-hybridized carbons (Fsp3) is 0.263. The van der Waals surface area contributed by atoms with Gasteiger partial charge in [0.05, 0.1) is 16.9 Å². The average Bonchev–Trinajstić information content (AvgIpc) is 3.38. The summed E-state index contributed by atoms with van der Waals surface area (Å²) < 4.78 is 13.1. The minimum Gasteiger partial charge on any atom is -0.352 e. The Kier molecular flexibility index (Phi) is 5.04. The topological polar surface area (TPSA) is 58.2 Å². The molecule has 0 aliphatic heterocycles. The van der Waals surface area contributed by atoms with Crippen molar-refractivity contribution in [1.29, 1.82) is 0 Å². The zero-order chi connectivity index (χ0) is 18.0. The zero-order valence-electron chi connectivity index (χ0n) is 13.7. The first-order valence-electron chi connectivity index (χ1n) is 8.03. The predicted molar refractivity (Wildman–Crippen MR) is 94.7 cm³/mol. The van der Waals surface area contributed by atoms with Gasteiger partial charge in [0.15, 0.2) is 0 Å². The van der Waals surface area contributed by atoms with Crippen molar-refractivity contribution in [2.24, 2.45) is 11.8 Å². The molecular formula is C19H18ClFN2O2. The van der Waals surface area contributed by atoms with E-state index >= 15 is 0 Å². The SMILES string of the molecule is Cc1ccc(CNC(=O)C2CC2C(=O)Nc2ccc(F)c(Cl)c2)cc1. The van der Waals surface area contributed by atoms with E-state index in [9.17, 15) is 14.0 Å². The number of halogens is 2. The molecule has 130 valence electrons. The van der Waals surface area contributed by atoms with Gasteiger partial charge in [-0.2, -0.15) is 0 Å². The lowest BCUT2D eigenvalue weighted by Crippen LogP contribution is -2.27. The first-order chi connectivity index (χ1) is 11.9. The monoisotopic (exact) mass is 360 g/mol. The molecule has 2 atom stereocenters. The van der Waals surface area contributed by atoms with Crippen LogP contribution in [0.4, 0.5) is 10.1 Å². The summed E-state index contributed by atoms with van der Waals surface area (Å²) in [5.41, 5.74) is 2.60. The van der Waals surface area contributed by atoms with Crippen LogP contribution in [0.15, 0.2) is 42.5 Å². The van der Waals surface area contributed by atoms with Crippen molar-refractivity contribution in [2.75, 3.05) is 5.32 Å². The van der Waals surface area contributed by atoms with Crippen LogP contribution in [-0.4, -0.2) is 11.8 Å². The van der Waals surface area contributed by atoms with E-state index in [4.69, 9.17) is 11.6 Å². The largest absolute Gasteiger partial charge is 0.352 e. The number of benzene rings is 2. The van der Waals surface area contributed by atoms with Crippen LogP contribution in [0.5, 0.6) is 0 Å². The number of hydrogen-bond acceptors (Lipinski definition) is 2. The van der Waals surface area contributed by atoms with Crippen LogP contribution in [0.3, 0.4) is 0 Å².